The van der Waals surface area contributed by atoms with Gasteiger partial charge in [0.2, 0.25) is 5.91 Å². The van der Waals surface area contributed by atoms with Gasteiger partial charge in [-0.3, -0.25) is 4.79 Å². The number of carbonyl (C=O) groups excluding carboxylic acids is 1. The van der Waals surface area contributed by atoms with Crippen LogP contribution < -0.4 is 10.6 Å². The van der Waals surface area contributed by atoms with Crippen LogP contribution in [0.15, 0.2) is 24.3 Å². The quantitative estimate of drug-likeness (QED) is 0.769. The van der Waals surface area contributed by atoms with Crippen LogP contribution in [0.1, 0.15) is 57.7 Å². The number of carbonyl (C=O) groups is 1. The normalized spacial score (nSPS) is 17.8. The molecule has 0 spiro atoms. The molecule has 130 valence electrons. The van der Waals surface area contributed by atoms with Gasteiger partial charge in [0.05, 0.1) is 12.6 Å². The first-order chi connectivity index (χ1) is 11.4. The van der Waals surface area contributed by atoms with Crippen LogP contribution in [0.5, 0.6) is 0 Å². The number of hydrogen-bond acceptors (Lipinski definition) is 3. The van der Waals surface area contributed by atoms with E-state index in [-0.39, 0.29) is 18.5 Å². The molecule has 0 aliphatic heterocycles. The highest BCUT2D eigenvalue weighted by molar-refractivity contribution is 5.79. The third kappa shape index (κ3) is 4.58. The molecule has 0 unspecified atom stereocenters. The van der Waals surface area contributed by atoms with Crippen molar-refractivity contribution in [3.63, 3.8) is 0 Å². The molecule has 1 aromatic carbocycles. The predicted molar refractivity (Wildman–Crippen MR) is 96.3 cm³/mol. The van der Waals surface area contributed by atoms with E-state index in [1.165, 1.54) is 11.1 Å². The third-order valence-corrected chi connectivity index (χ3v) is 4.92. The van der Waals surface area contributed by atoms with E-state index in [4.69, 9.17) is 0 Å². The van der Waals surface area contributed by atoms with Crippen molar-refractivity contribution < 1.29 is 4.79 Å². The van der Waals surface area contributed by atoms with Crippen molar-refractivity contribution >= 4 is 5.91 Å². The summed E-state index contributed by atoms with van der Waals surface area (Å²) in [7, 11) is 0. The predicted octanol–water partition coefficient (Wildman–Crippen LogP) is 3.34. The van der Waals surface area contributed by atoms with Crippen molar-refractivity contribution in [1.82, 2.24) is 10.6 Å². The van der Waals surface area contributed by atoms with Crippen LogP contribution >= 0.6 is 0 Å². The average molecular weight is 327 g/mol. The maximum atomic E-state index is 12.3. The van der Waals surface area contributed by atoms with Crippen LogP contribution in [-0.2, 0) is 11.2 Å². The second kappa shape index (κ2) is 7.81. The van der Waals surface area contributed by atoms with Crippen molar-refractivity contribution in [2.24, 2.45) is 11.8 Å². The fourth-order valence-electron chi connectivity index (χ4n) is 3.12. The molecule has 0 aromatic heterocycles. The topological polar surface area (TPSA) is 64.9 Å². The lowest BCUT2D eigenvalue weighted by molar-refractivity contribution is -0.121. The highest BCUT2D eigenvalue weighted by Crippen LogP contribution is 2.39. The van der Waals surface area contributed by atoms with Crippen molar-refractivity contribution in [2.45, 2.75) is 58.5 Å². The summed E-state index contributed by atoms with van der Waals surface area (Å²) in [5.41, 5.74) is 1.78. The first kappa shape index (κ1) is 18.5. The lowest BCUT2D eigenvalue weighted by atomic mass is 9.94. The fraction of sp³-hybridized carbons (Fsp3) is 0.600. The molecule has 0 radical (unpaired) electrons. The summed E-state index contributed by atoms with van der Waals surface area (Å²) in [5, 5.41) is 15.6. The highest BCUT2D eigenvalue weighted by atomic mass is 16.2. The number of amides is 1. The van der Waals surface area contributed by atoms with Gasteiger partial charge < -0.3 is 10.6 Å². The van der Waals surface area contributed by atoms with Gasteiger partial charge in [-0.25, -0.2) is 0 Å². The molecule has 0 heterocycles. The summed E-state index contributed by atoms with van der Waals surface area (Å²) in [6.07, 6.45) is 3.07. The van der Waals surface area contributed by atoms with E-state index in [9.17, 15) is 10.1 Å². The van der Waals surface area contributed by atoms with Gasteiger partial charge in [-0.2, -0.15) is 5.26 Å². The lowest BCUT2D eigenvalue weighted by Crippen LogP contribution is -2.50. The number of nitrogens with one attached hydrogen (secondary N) is 2. The van der Waals surface area contributed by atoms with Crippen LogP contribution in [-0.4, -0.2) is 18.0 Å². The van der Waals surface area contributed by atoms with Gasteiger partial charge in [-0.1, -0.05) is 45.0 Å². The van der Waals surface area contributed by atoms with Crippen LogP contribution in [0.25, 0.3) is 0 Å². The molecule has 4 nitrogen and oxygen atoms in total. The Hall–Kier alpha value is -1.86. The Balaban J connectivity index is 1.95. The van der Waals surface area contributed by atoms with Crippen molar-refractivity contribution in [3.8, 4) is 6.07 Å². The summed E-state index contributed by atoms with van der Waals surface area (Å²) in [4.78, 5) is 12.3. The molecule has 24 heavy (non-hydrogen) atoms. The van der Waals surface area contributed by atoms with Crippen LogP contribution in [0.3, 0.4) is 0 Å². The van der Waals surface area contributed by atoms with Gasteiger partial charge in [-0.15, -0.1) is 0 Å². The molecule has 1 aromatic rings. The van der Waals surface area contributed by atoms with E-state index in [2.05, 4.69) is 61.7 Å². The first-order valence-electron chi connectivity index (χ1n) is 8.94. The molecular weight excluding hydrogens is 298 g/mol. The number of aryl methyl sites for hydroxylation is 1. The van der Waals surface area contributed by atoms with E-state index in [0.29, 0.717) is 11.8 Å². The highest BCUT2D eigenvalue weighted by Gasteiger charge is 2.42. The minimum atomic E-state index is -0.727. The Morgan fingerprint density at radius 1 is 1.33 bits per heavy atom. The summed E-state index contributed by atoms with van der Waals surface area (Å²) in [6, 6.07) is 11.0. The zero-order chi connectivity index (χ0) is 17.7. The maximum Gasteiger partial charge on any atom is 0.235 e. The largest absolute Gasteiger partial charge is 0.337 e. The minimum absolute atomic E-state index is 0.109. The molecule has 2 N–H and O–H groups in total. The van der Waals surface area contributed by atoms with Gasteiger partial charge >= 0.3 is 0 Å². The average Bonchev–Trinajstić information content (AvgIpc) is 3.40. The third-order valence-electron chi connectivity index (χ3n) is 4.92. The zero-order valence-electron chi connectivity index (χ0n) is 15.2. The Morgan fingerprint density at radius 2 is 1.96 bits per heavy atom. The molecule has 1 aliphatic rings. The Bertz CT molecular complexity index is 598. The molecule has 4 heteroatoms. The number of nitrogens with zero attached hydrogens (tertiary/aromatic N) is 1. The second-order valence-corrected chi connectivity index (χ2v) is 7.33. The van der Waals surface area contributed by atoms with E-state index in [0.717, 1.165) is 19.3 Å². The number of rotatable bonds is 8. The number of nitriles is 1. The van der Waals surface area contributed by atoms with Gasteiger partial charge in [0.15, 0.2) is 0 Å². The van der Waals surface area contributed by atoms with Crippen LogP contribution in [0, 0.1) is 23.2 Å². The van der Waals surface area contributed by atoms with E-state index in [1.807, 2.05) is 6.92 Å². The van der Waals surface area contributed by atoms with Gasteiger partial charge in [0.1, 0.15) is 5.54 Å². The maximum absolute atomic E-state index is 12.3. The van der Waals surface area contributed by atoms with Crippen molar-refractivity contribution in [3.05, 3.63) is 35.4 Å². The van der Waals surface area contributed by atoms with Gasteiger partial charge in [0, 0.05) is 6.04 Å². The first-order valence-corrected chi connectivity index (χ1v) is 8.94. The van der Waals surface area contributed by atoms with Crippen LogP contribution in [0.4, 0.5) is 0 Å². The van der Waals surface area contributed by atoms with E-state index < -0.39 is 5.54 Å². The molecule has 2 atom stereocenters. The van der Waals surface area contributed by atoms with Gasteiger partial charge in [-0.05, 0) is 49.1 Å². The van der Waals surface area contributed by atoms with E-state index in [1.54, 1.807) is 0 Å². The summed E-state index contributed by atoms with van der Waals surface area (Å²) in [6.45, 7) is 8.48. The molecule has 1 saturated carbocycles. The van der Waals surface area contributed by atoms with E-state index >= 15 is 0 Å². The molecule has 0 bridgehead atoms. The van der Waals surface area contributed by atoms with Crippen LogP contribution in [0.2, 0.25) is 0 Å². The number of hydrogen-bond donors (Lipinski definition) is 2. The lowest BCUT2D eigenvalue weighted by Gasteiger charge is -2.26. The molecule has 1 fully saturated rings. The zero-order valence-corrected chi connectivity index (χ0v) is 15.2. The van der Waals surface area contributed by atoms with Crippen molar-refractivity contribution in [2.75, 3.05) is 6.54 Å². The Morgan fingerprint density at radius 3 is 2.42 bits per heavy atom. The molecule has 0 saturated heterocycles. The number of benzene rings is 1. The van der Waals surface area contributed by atoms with Gasteiger partial charge in [0.25, 0.3) is 0 Å². The molecule has 1 amide bonds. The second-order valence-electron chi connectivity index (χ2n) is 7.33. The minimum Gasteiger partial charge on any atom is -0.337 e. The summed E-state index contributed by atoms with van der Waals surface area (Å²) >= 11 is 0. The molecular formula is C20H29N3O. The fourth-order valence-corrected chi connectivity index (χ4v) is 3.12. The van der Waals surface area contributed by atoms with Crippen molar-refractivity contribution in [1.29, 1.82) is 5.26 Å². The summed E-state index contributed by atoms with van der Waals surface area (Å²) < 4.78 is 0. The Kier molecular flexibility index (Phi) is 6.01. The SMILES string of the molecule is CCc1ccc([C@@H](NCC(=O)N[C@](C)(C#N)C2CC2)C(C)C)cc1. The smallest absolute Gasteiger partial charge is 0.235 e. The summed E-state index contributed by atoms with van der Waals surface area (Å²) in [5.74, 6) is 0.562. The Labute approximate surface area is 145 Å². The molecule has 2 rings (SSSR count). The molecule has 1 aliphatic carbocycles. The standard InChI is InChI=1S/C20H29N3O/c1-5-15-6-8-16(9-7-15)19(14(2)3)22-12-18(24)23-20(4,13-21)17-10-11-17/h6-9,14,17,19,22H,5,10-12H2,1-4H3,(H,23,24)/t19-,20+/m0/s1. The monoisotopic (exact) mass is 327 g/mol.